The average molecular weight is 146 g/mol. The first kappa shape index (κ1) is 7.46. The van der Waals surface area contributed by atoms with Gasteiger partial charge in [0.25, 0.3) is 0 Å². The lowest BCUT2D eigenvalue weighted by atomic mass is 10.2. The molecule has 9 heavy (non-hydrogen) atoms. The highest BCUT2D eigenvalue weighted by Crippen LogP contribution is 2.70. The molecule has 0 saturated carbocycles. The smallest absolute Gasteiger partial charge is 0.00121 e. The van der Waals surface area contributed by atoms with Gasteiger partial charge < -0.3 is 0 Å². The molecule has 2 atom stereocenters. The molecule has 0 aromatic heterocycles. The van der Waals surface area contributed by atoms with Crippen LogP contribution in [0.4, 0.5) is 0 Å². The third-order valence-corrected chi connectivity index (χ3v) is 6.89. The van der Waals surface area contributed by atoms with E-state index >= 15 is 0 Å². The minimum atomic E-state index is -0.0983. The number of rotatable bonds is 2. The van der Waals surface area contributed by atoms with Crippen molar-refractivity contribution in [3.63, 3.8) is 0 Å². The van der Waals surface area contributed by atoms with E-state index < -0.39 is 0 Å². The second-order valence-electron chi connectivity index (χ2n) is 3.52. The minimum Gasteiger partial charge on any atom is -0.239 e. The zero-order valence-corrected chi connectivity index (χ0v) is 7.79. The summed E-state index contributed by atoms with van der Waals surface area (Å²) in [5, 5.41) is 2.18. The Kier molecular flexibility index (Phi) is 1.81. The van der Waals surface area contributed by atoms with Crippen LogP contribution in [0.2, 0.25) is 0 Å². The van der Waals surface area contributed by atoms with Gasteiger partial charge in [0.1, 0.15) is 0 Å². The van der Waals surface area contributed by atoms with E-state index in [0.29, 0.717) is 0 Å². The molecule has 1 fully saturated rings. The van der Waals surface area contributed by atoms with E-state index in [0.717, 1.165) is 10.5 Å². The highest BCUT2D eigenvalue weighted by atomic mass is 32.3. The van der Waals surface area contributed by atoms with Crippen LogP contribution >= 0.6 is 10.0 Å². The molecule has 0 bridgehead atoms. The predicted octanol–water partition coefficient (Wildman–Crippen LogP) is 2.62. The van der Waals surface area contributed by atoms with Gasteiger partial charge in [-0.3, -0.25) is 0 Å². The van der Waals surface area contributed by atoms with Crippen molar-refractivity contribution in [1.29, 1.82) is 0 Å². The third kappa shape index (κ3) is 1.12. The second kappa shape index (κ2) is 2.19. The van der Waals surface area contributed by atoms with Crippen LogP contribution in [0.1, 0.15) is 26.7 Å². The first-order valence-corrected chi connectivity index (χ1v) is 6.39. The van der Waals surface area contributed by atoms with Crippen LogP contribution < -0.4 is 0 Å². The Hall–Kier alpha value is 0.350. The highest BCUT2D eigenvalue weighted by Gasteiger charge is 2.48. The van der Waals surface area contributed by atoms with Gasteiger partial charge >= 0.3 is 0 Å². The second-order valence-corrected chi connectivity index (χ2v) is 7.84. The molecule has 0 amide bonds. The van der Waals surface area contributed by atoms with Crippen LogP contribution in [0, 0.1) is 0 Å². The fourth-order valence-corrected chi connectivity index (χ4v) is 4.89. The first-order valence-electron chi connectivity index (χ1n) is 3.81. The topological polar surface area (TPSA) is 0 Å². The van der Waals surface area contributed by atoms with Gasteiger partial charge in [-0.2, -0.15) is 0 Å². The lowest BCUT2D eigenvalue weighted by Gasteiger charge is -2.06. The maximum Gasteiger partial charge on any atom is -0.00121 e. The summed E-state index contributed by atoms with van der Waals surface area (Å²) >= 11 is 0. The van der Waals surface area contributed by atoms with Crippen LogP contribution in [0.15, 0.2) is 0 Å². The van der Waals surface area contributed by atoms with E-state index in [4.69, 9.17) is 0 Å². The van der Waals surface area contributed by atoms with Gasteiger partial charge in [-0.05, 0) is 29.4 Å². The Labute approximate surface area is 60.3 Å². The molecule has 0 radical (unpaired) electrons. The van der Waals surface area contributed by atoms with Gasteiger partial charge in [0, 0.05) is 0 Å². The quantitative estimate of drug-likeness (QED) is 0.525. The molecular weight excluding hydrogens is 128 g/mol. The van der Waals surface area contributed by atoms with E-state index in [1.54, 1.807) is 0 Å². The van der Waals surface area contributed by atoms with Crippen molar-refractivity contribution in [3.8, 4) is 0 Å². The van der Waals surface area contributed by atoms with Crippen LogP contribution in [-0.4, -0.2) is 23.0 Å². The van der Waals surface area contributed by atoms with E-state index in [-0.39, 0.29) is 10.0 Å². The fourth-order valence-electron chi connectivity index (χ4n) is 1.63. The summed E-state index contributed by atoms with van der Waals surface area (Å²) in [6.07, 6.45) is 7.80. The molecule has 0 nitrogen and oxygen atoms in total. The van der Waals surface area contributed by atoms with Crippen LogP contribution in [0.25, 0.3) is 0 Å². The van der Waals surface area contributed by atoms with E-state index in [2.05, 4.69) is 26.4 Å². The fraction of sp³-hybridized carbons (Fsp3) is 1.00. The Morgan fingerprint density at radius 2 is 1.78 bits per heavy atom. The zero-order chi connectivity index (χ0) is 7.07. The number of hydrogen-bond donors (Lipinski definition) is 0. The normalized spacial score (nSPS) is 42.2. The SMILES string of the molecule is CCCC1C(C)S1(C)C. The first-order chi connectivity index (χ1) is 4.10. The summed E-state index contributed by atoms with van der Waals surface area (Å²) in [5.41, 5.74) is 0. The Balaban J connectivity index is 2.33. The third-order valence-electron chi connectivity index (χ3n) is 2.76. The van der Waals surface area contributed by atoms with Crippen LogP contribution in [0.3, 0.4) is 0 Å². The molecule has 2 unspecified atom stereocenters. The van der Waals surface area contributed by atoms with Crippen molar-refractivity contribution >= 4 is 10.0 Å². The zero-order valence-electron chi connectivity index (χ0n) is 6.98. The van der Waals surface area contributed by atoms with Gasteiger partial charge in [-0.15, -0.1) is 0 Å². The molecule has 56 valence electrons. The van der Waals surface area contributed by atoms with Crippen molar-refractivity contribution in [2.24, 2.45) is 0 Å². The number of hydrogen-bond acceptors (Lipinski definition) is 0. The molecule has 1 heterocycles. The maximum atomic E-state index is 2.47. The van der Waals surface area contributed by atoms with E-state index in [1.165, 1.54) is 12.8 Å². The van der Waals surface area contributed by atoms with Crippen molar-refractivity contribution in [2.75, 3.05) is 12.5 Å². The summed E-state index contributed by atoms with van der Waals surface area (Å²) in [4.78, 5) is 0. The summed E-state index contributed by atoms with van der Waals surface area (Å²) in [6, 6.07) is 0. The molecule has 0 spiro atoms. The molecule has 1 rings (SSSR count). The molecule has 1 heteroatoms. The van der Waals surface area contributed by atoms with Crippen LogP contribution in [-0.2, 0) is 0 Å². The van der Waals surface area contributed by atoms with Gasteiger partial charge in [-0.25, -0.2) is 10.0 Å². The summed E-state index contributed by atoms with van der Waals surface area (Å²) in [7, 11) is -0.0983. The molecular formula is C8H18S. The molecule has 1 aliphatic rings. The van der Waals surface area contributed by atoms with E-state index in [1.807, 2.05) is 0 Å². The Morgan fingerprint density at radius 1 is 1.33 bits per heavy atom. The maximum absolute atomic E-state index is 2.47. The summed E-state index contributed by atoms with van der Waals surface area (Å²) in [6.45, 7) is 4.70. The summed E-state index contributed by atoms with van der Waals surface area (Å²) < 4.78 is 0. The van der Waals surface area contributed by atoms with Gasteiger partial charge in [-0.1, -0.05) is 20.3 Å². The minimum absolute atomic E-state index is 0.0983. The van der Waals surface area contributed by atoms with Crippen molar-refractivity contribution in [1.82, 2.24) is 0 Å². The van der Waals surface area contributed by atoms with Gasteiger partial charge in [0.05, 0.1) is 0 Å². The molecule has 1 saturated heterocycles. The summed E-state index contributed by atoms with van der Waals surface area (Å²) in [5.74, 6) is 0. The lowest BCUT2D eigenvalue weighted by molar-refractivity contribution is 0.787. The van der Waals surface area contributed by atoms with Crippen LogP contribution in [0.5, 0.6) is 0 Å². The Bertz CT molecular complexity index is 107. The highest BCUT2D eigenvalue weighted by molar-refractivity contribution is 8.39. The lowest BCUT2D eigenvalue weighted by Crippen LogP contribution is -1.86. The van der Waals surface area contributed by atoms with Gasteiger partial charge in [0.2, 0.25) is 0 Å². The average Bonchev–Trinajstić information content (AvgIpc) is 2.19. The molecule has 0 N–H and O–H groups in total. The van der Waals surface area contributed by atoms with Crippen molar-refractivity contribution in [2.45, 2.75) is 37.2 Å². The van der Waals surface area contributed by atoms with Crippen molar-refractivity contribution in [3.05, 3.63) is 0 Å². The monoisotopic (exact) mass is 146 g/mol. The molecule has 1 aliphatic heterocycles. The standard InChI is InChI=1S/C8H18S/c1-5-6-8-7(2)9(8,3)4/h7-8H,5-6H2,1-4H3. The largest absolute Gasteiger partial charge is 0.239 e. The Morgan fingerprint density at radius 3 is 1.89 bits per heavy atom. The van der Waals surface area contributed by atoms with E-state index in [9.17, 15) is 0 Å². The molecule has 0 aliphatic carbocycles. The molecule has 0 aromatic rings. The van der Waals surface area contributed by atoms with Crippen molar-refractivity contribution < 1.29 is 0 Å². The van der Waals surface area contributed by atoms with Gasteiger partial charge in [0.15, 0.2) is 0 Å². The predicted molar refractivity (Wildman–Crippen MR) is 47.6 cm³/mol. The molecule has 0 aromatic carbocycles.